The first kappa shape index (κ1) is 27.8. The average Bonchev–Trinajstić information content (AvgIpc) is 2.92. The molecule has 2 N–H and O–H groups in total. The van der Waals surface area contributed by atoms with Crippen LogP contribution in [0.2, 0.25) is 0 Å². The SMILES string of the molecule is CC(C)CC(=O)N1CCN(c2ccc(NC(=O)c3cccc(F)c3)cc2C(=O)NCc2ccc(F)cc2)CC1. The molecule has 204 valence electrons. The number of hydrogen-bond donors (Lipinski definition) is 2. The van der Waals surface area contributed by atoms with E-state index < -0.39 is 11.7 Å². The van der Waals surface area contributed by atoms with Gasteiger partial charge in [-0.15, -0.1) is 0 Å². The number of anilines is 2. The summed E-state index contributed by atoms with van der Waals surface area (Å²) in [5.41, 5.74) is 2.29. The Kier molecular flexibility index (Phi) is 8.91. The molecule has 1 heterocycles. The molecule has 0 bridgehead atoms. The van der Waals surface area contributed by atoms with Gasteiger partial charge in [-0.3, -0.25) is 14.4 Å². The number of nitrogens with zero attached hydrogens (tertiary/aromatic N) is 2. The molecule has 0 spiro atoms. The molecule has 7 nitrogen and oxygen atoms in total. The second-order valence-electron chi connectivity index (χ2n) is 9.97. The molecule has 0 atom stereocenters. The van der Waals surface area contributed by atoms with Gasteiger partial charge in [0.25, 0.3) is 11.8 Å². The first-order chi connectivity index (χ1) is 18.7. The summed E-state index contributed by atoms with van der Waals surface area (Å²) in [6.07, 6.45) is 0.497. The summed E-state index contributed by atoms with van der Waals surface area (Å²) in [6.45, 7) is 6.41. The van der Waals surface area contributed by atoms with Gasteiger partial charge in [-0.1, -0.05) is 32.0 Å². The minimum Gasteiger partial charge on any atom is -0.367 e. The van der Waals surface area contributed by atoms with Crippen molar-refractivity contribution in [3.8, 4) is 0 Å². The summed E-state index contributed by atoms with van der Waals surface area (Å²) >= 11 is 0. The van der Waals surface area contributed by atoms with Crippen LogP contribution < -0.4 is 15.5 Å². The van der Waals surface area contributed by atoms with Gasteiger partial charge in [0, 0.05) is 56.1 Å². The van der Waals surface area contributed by atoms with Gasteiger partial charge in [0.05, 0.1) is 5.56 Å². The number of benzene rings is 3. The van der Waals surface area contributed by atoms with Gasteiger partial charge in [0.1, 0.15) is 11.6 Å². The summed E-state index contributed by atoms with van der Waals surface area (Å²) in [7, 11) is 0. The zero-order valence-electron chi connectivity index (χ0n) is 22.0. The van der Waals surface area contributed by atoms with Crippen molar-refractivity contribution in [3.63, 3.8) is 0 Å². The van der Waals surface area contributed by atoms with Crippen molar-refractivity contribution in [1.82, 2.24) is 10.2 Å². The Bertz CT molecular complexity index is 1340. The van der Waals surface area contributed by atoms with Crippen LogP contribution in [0.3, 0.4) is 0 Å². The summed E-state index contributed by atoms with van der Waals surface area (Å²) in [5.74, 6) is -1.35. The Hall–Kier alpha value is -4.27. The monoisotopic (exact) mass is 534 g/mol. The lowest BCUT2D eigenvalue weighted by atomic mass is 10.1. The Morgan fingerprint density at radius 2 is 1.56 bits per heavy atom. The van der Waals surface area contributed by atoms with E-state index in [4.69, 9.17) is 0 Å². The lowest BCUT2D eigenvalue weighted by Gasteiger charge is -2.37. The van der Waals surface area contributed by atoms with E-state index in [9.17, 15) is 23.2 Å². The van der Waals surface area contributed by atoms with Crippen molar-refractivity contribution in [2.45, 2.75) is 26.8 Å². The van der Waals surface area contributed by atoms with Crippen LogP contribution in [0.1, 0.15) is 46.5 Å². The number of rotatable bonds is 8. The Labute approximate surface area is 226 Å². The van der Waals surface area contributed by atoms with Crippen LogP contribution in [0.15, 0.2) is 66.7 Å². The van der Waals surface area contributed by atoms with Crippen LogP contribution >= 0.6 is 0 Å². The van der Waals surface area contributed by atoms with Crippen LogP contribution in [-0.2, 0) is 11.3 Å². The zero-order chi connectivity index (χ0) is 27.9. The van der Waals surface area contributed by atoms with Gasteiger partial charge in [-0.05, 0) is 60.0 Å². The first-order valence-corrected chi connectivity index (χ1v) is 13.0. The summed E-state index contributed by atoms with van der Waals surface area (Å²) in [6, 6.07) is 16.2. The molecule has 1 saturated heterocycles. The van der Waals surface area contributed by atoms with Crippen molar-refractivity contribution >= 4 is 29.1 Å². The Morgan fingerprint density at radius 3 is 2.23 bits per heavy atom. The lowest BCUT2D eigenvalue weighted by Crippen LogP contribution is -2.49. The molecule has 9 heteroatoms. The standard InChI is InChI=1S/C30H32F2N4O3/c1-20(2)16-28(37)36-14-12-35(13-15-36)27-11-10-25(34-29(38)22-4-3-5-24(32)17-22)18-26(27)30(39)33-19-21-6-8-23(31)9-7-21/h3-11,17-18,20H,12-16,19H2,1-2H3,(H,33,39)(H,34,38). The van der Waals surface area contributed by atoms with Crippen molar-refractivity contribution in [2.75, 3.05) is 36.4 Å². The number of nitrogens with one attached hydrogen (secondary N) is 2. The number of halogens is 2. The normalized spacial score (nSPS) is 13.4. The van der Waals surface area contributed by atoms with Gasteiger partial charge >= 0.3 is 0 Å². The minimum absolute atomic E-state index is 0.123. The largest absolute Gasteiger partial charge is 0.367 e. The van der Waals surface area contributed by atoms with E-state index in [0.29, 0.717) is 49.5 Å². The Balaban J connectivity index is 1.54. The molecule has 3 aromatic carbocycles. The van der Waals surface area contributed by atoms with Crippen molar-refractivity contribution in [3.05, 3.63) is 95.1 Å². The van der Waals surface area contributed by atoms with Crippen molar-refractivity contribution in [2.24, 2.45) is 5.92 Å². The molecule has 1 fully saturated rings. The number of carbonyl (C=O) groups is 3. The maximum Gasteiger partial charge on any atom is 0.255 e. The molecular formula is C30H32F2N4O3. The topological polar surface area (TPSA) is 81.8 Å². The van der Waals surface area contributed by atoms with Gasteiger partial charge < -0.3 is 20.4 Å². The van der Waals surface area contributed by atoms with Crippen molar-refractivity contribution < 1.29 is 23.2 Å². The van der Waals surface area contributed by atoms with Gasteiger partial charge in [0.2, 0.25) is 5.91 Å². The predicted octanol–water partition coefficient (Wildman–Crippen LogP) is 4.84. The second kappa shape index (κ2) is 12.5. The molecule has 3 aromatic rings. The van der Waals surface area contributed by atoms with E-state index in [1.165, 1.54) is 30.3 Å². The molecule has 1 aliphatic heterocycles. The summed E-state index contributed by atoms with van der Waals surface area (Å²) < 4.78 is 26.9. The lowest BCUT2D eigenvalue weighted by molar-refractivity contribution is -0.132. The third-order valence-electron chi connectivity index (χ3n) is 6.51. The molecule has 1 aliphatic rings. The maximum atomic E-state index is 13.6. The quantitative estimate of drug-likeness (QED) is 0.433. The van der Waals surface area contributed by atoms with Crippen LogP contribution in [-0.4, -0.2) is 48.8 Å². The van der Waals surface area contributed by atoms with Crippen LogP contribution in [0.4, 0.5) is 20.2 Å². The van der Waals surface area contributed by atoms with Gasteiger partial charge in [0.15, 0.2) is 0 Å². The van der Waals surface area contributed by atoms with Gasteiger partial charge in [-0.25, -0.2) is 8.78 Å². The Morgan fingerprint density at radius 1 is 0.846 bits per heavy atom. The van der Waals surface area contributed by atoms with Crippen LogP contribution in [0, 0.1) is 17.6 Å². The van der Waals surface area contributed by atoms with Crippen LogP contribution in [0.5, 0.6) is 0 Å². The highest BCUT2D eigenvalue weighted by atomic mass is 19.1. The third kappa shape index (κ3) is 7.40. The average molecular weight is 535 g/mol. The smallest absolute Gasteiger partial charge is 0.255 e. The fourth-order valence-corrected chi connectivity index (χ4v) is 4.46. The predicted molar refractivity (Wildman–Crippen MR) is 147 cm³/mol. The van der Waals surface area contributed by atoms with E-state index in [1.54, 1.807) is 30.3 Å². The van der Waals surface area contributed by atoms with E-state index in [1.807, 2.05) is 23.6 Å². The number of piperazine rings is 1. The highest BCUT2D eigenvalue weighted by Gasteiger charge is 2.25. The molecule has 39 heavy (non-hydrogen) atoms. The molecule has 0 radical (unpaired) electrons. The highest BCUT2D eigenvalue weighted by molar-refractivity contribution is 6.06. The molecule has 3 amide bonds. The summed E-state index contributed by atoms with van der Waals surface area (Å²) in [4.78, 5) is 42.4. The van der Waals surface area contributed by atoms with E-state index in [0.717, 1.165) is 11.6 Å². The van der Waals surface area contributed by atoms with E-state index >= 15 is 0 Å². The second-order valence-corrected chi connectivity index (χ2v) is 9.97. The molecular weight excluding hydrogens is 502 g/mol. The number of carbonyl (C=O) groups excluding carboxylic acids is 3. The summed E-state index contributed by atoms with van der Waals surface area (Å²) in [5, 5.41) is 5.60. The van der Waals surface area contributed by atoms with Crippen molar-refractivity contribution in [1.29, 1.82) is 0 Å². The number of hydrogen-bond acceptors (Lipinski definition) is 4. The maximum absolute atomic E-state index is 13.6. The minimum atomic E-state index is -0.523. The third-order valence-corrected chi connectivity index (χ3v) is 6.51. The fraction of sp³-hybridized carbons (Fsp3) is 0.300. The number of amides is 3. The van der Waals surface area contributed by atoms with E-state index in [2.05, 4.69) is 10.6 Å². The molecule has 0 aromatic heterocycles. The molecule has 0 saturated carbocycles. The highest BCUT2D eigenvalue weighted by Crippen LogP contribution is 2.27. The van der Waals surface area contributed by atoms with E-state index in [-0.39, 0.29) is 35.7 Å². The fourth-order valence-electron chi connectivity index (χ4n) is 4.46. The first-order valence-electron chi connectivity index (χ1n) is 13.0. The van der Waals surface area contributed by atoms with Gasteiger partial charge in [-0.2, -0.15) is 0 Å². The molecule has 0 unspecified atom stereocenters. The molecule has 0 aliphatic carbocycles. The molecule has 4 rings (SSSR count). The van der Waals surface area contributed by atoms with Crippen LogP contribution in [0.25, 0.3) is 0 Å². The zero-order valence-corrected chi connectivity index (χ0v) is 22.0.